The van der Waals surface area contributed by atoms with Crippen LogP contribution in [0.5, 0.6) is 0 Å². The van der Waals surface area contributed by atoms with Gasteiger partial charge in [0.1, 0.15) is 0 Å². The number of halogens is 2. The summed E-state index contributed by atoms with van der Waals surface area (Å²) < 4.78 is 0. The Labute approximate surface area is 131 Å². The molecule has 0 amide bonds. The summed E-state index contributed by atoms with van der Waals surface area (Å²) in [5.74, 6) is 0. The molecule has 0 saturated heterocycles. The van der Waals surface area contributed by atoms with Crippen LogP contribution in [0, 0.1) is 0 Å². The zero-order valence-electron chi connectivity index (χ0n) is 11.1. The second kappa shape index (κ2) is 4.83. The second-order valence-electron chi connectivity index (χ2n) is 5.17. The van der Waals surface area contributed by atoms with Crippen molar-refractivity contribution in [3.63, 3.8) is 0 Å². The Morgan fingerprint density at radius 1 is 0.714 bits per heavy atom. The van der Waals surface area contributed by atoms with E-state index in [1.165, 1.54) is 0 Å². The summed E-state index contributed by atoms with van der Waals surface area (Å²) in [4.78, 5) is 6.81. The monoisotopic (exact) mass is 314 g/mol. The van der Waals surface area contributed by atoms with Gasteiger partial charge >= 0.3 is 0 Å². The molecule has 0 aliphatic heterocycles. The molecule has 0 radical (unpaired) electrons. The minimum absolute atomic E-state index is 0.773. The Balaban J connectivity index is 1.75. The zero-order valence-corrected chi connectivity index (χ0v) is 12.6. The molecule has 2 aromatic heterocycles. The van der Waals surface area contributed by atoms with Crippen LogP contribution < -0.4 is 0 Å². The zero-order chi connectivity index (χ0) is 14.4. The van der Waals surface area contributed by atoms with Crippen LogP contribution in [0.2, 0.25) is 10.0 Å². The lowest BCUT2D eigenvalue weighted by Crippen LogP contribution is -1.87. The highest BCUT2D eigenvalue weighted by Crippen LogP contribution is 2.27. The van der Waals surface area contributed by atoms with Gasteiger partial charge in [0.05, 0.1) is 0 Å². The van der Waals surface area contributed by atoms with E-state index in [1.54, 1.807) is 0 Å². The first-order valence-corrected chi connectivity index (χ1v) is 7.48. The molecule has 0 aliphatic carbocycles. The van der Waals surface area contributed by atoms with Crippen molar-refractivity contribution in [2.75, 3.05) is 0 Å². The summed E-state index contributed by atoms with van der Waals surface area (Å²) >= 11 is 12.4. The van der Waals surface area contributed by atoms with Gasteiger partial charge in [-0.3, -0.25) is 0 Å². The summed E-state index contributed by atoms with van der Waals surface area (Å²) in [7, 11) is 0. The average molecular weight is 315 g/mol. The molecule has 104 valence electrons. The van der Waals surface area contributed by atoms with Crippen molar-refractivity contribution >= 4 is 45.0 Å². The fourth-order valence-corrected chi connectivity index (χ4v) is 3.21. The molecule has 0 saturated carbocycles. The summed E-state index contributed by atoms with van der Waals surface area (Å²) in [6, 6.07) is 16.0. The Hall–Kier alpha value is -1.90. The predicted octanol–water partition coefficient (Wildman–Crippen LogP) is 5.55. The van der Waals surface area contributed by atoms with E-state index in [0.717, 1.165) is 49.7 Å². The van der Waals surface area contributed by atoms with Crippen molar-refractivity contribution in [1.82, 2.24) is 9.97 Å². The van der Waals surface area contributed by atoms with Gasteiger partial charge in [-0.2, -0.15) is 0 Å². The van der Waals surface area contributed by atoms with E-state index in [-0.39, 0.29) is 0 Å². The van der Waals surface area contributed by atoms with Crippen molar-refractivity contribution in [3.8, 4) is 0 Å². The molecule has 0 atom stereocenters. The molecule has 0 unspecified atom stereocenters. The van der Waals surface area contributed by atoms with Crippen LogP contribution in [-0.2, 0) is 6.42 Å². The molecule has 2 N–H and O–H groups in total. The highest BCUT2D eigenvalue weighted by atomic mass is 35.5. The van der Waals surface area contributed by atoms with Crippen LogP contribution >= 0.6 is 23.2 Å². The lowest BCUT2D eigenvalue weighted by molar-refractivity contribution is 1.07. The fraction of sp³-hybridized carbons (Fsp3) is 0.0588. The summed E-state index contributed by atoms with van der Waals surface area (Å²) in [6.07, 6.45) is 0.788. The maximum Gasteiger partial charge on any atom is 0.0499 e. The minimum Gasteiger partial charge on any atom is -0.358 e. The molecule has 4 aromatic rings. The third kappa shape index (κ3) is 2.21. The first kappa shape index (κ1) is 12.8. The van der Waals surface area contributed by atoms with Gasteiger partial charge in [-0.1, -0.05) is 35.3 Å². The van der Waals surface area contributed by atoms with E-state index < -0.39 is 0 Å². The lowest BCUT2D eigenvalue weighted by Gasteiger charge is -1.93. The van der Waals surface area contributed by atoms with Crippen molar-refractivity contribution < 1.29 is 0 Å². The minimum atomic E-state index is 0.773. The SMILES string of the molecule is Clc1cccc2[nH]c(Cc3cc4c(Cl)cccc4[nH]3)cc12. The van der Waals surface area contributed by atoms with Crippen LogP contribution in [-0.4, -0.2) is 9.97 Å². The molecule has 2 heterocycles. The maximum atomic E-state index is 6.21. The fourth-order valence-electron chi connectivity index (χ4n) is 2.75. The van der Waals surface area contributed by atoms with Gasteiger partial charge in [0, 0.05) is 49.7 Å². The van der Waals surface area contributed by atoms with Gasteiger partial charge in [0.15, 0.2) is 0 Å². The van der Waals surface area contributed by atoms with Crippen LogP contribution in [0.3, 0.4) is 0 Å². The number of rotatable bonds is 2. The number of hydrogen-bond donors (Lipinski definition) is 2. The molecular weight excluding hydrogens is 303 g/mol. The first-order chi connectivity index (χ1) is 10.2. The van der Waals surface area contributed by atoms with Gasteiger partial charge in [-0.25, -0.2) is 0 Å². The number of benzene rings is 2. The standard InChI is InChI=1S/C17H12Cl2N2/c18-14-3-1-5-16-12(14)8-10(20-16)7-11-9-13-15(19)4-2-6-17(13)21-11/h1-6,8-9,20-21H,7H2. The number of fused-ring (bicyclic) bond motifs is 2. The third-order valence-corrected chi connectivity index (χ3v) is 4.37. The summed E-state index contributed by atoms with van der Waals surface area (Å²) in [5.41, 5.74) is 4.37. The maximum absolute atomic E-state index is 6.21. The Morgan fingerprint density at radius 3 is 1.62 bits per heavy atom. The Kier molecular flexibility index (Phi) is 2.95. The largest absolute Gasteiger partial charge is 0.358 e. The molecule has 0 fully saturated rings. The van der Waals surface area contributed by atoms with E-state index in [1.807, 2.05) is 36.4 Å². The highest BCUT2D eigenvalue weighted by molar-refractivity contribution is 6.35. The van der Waals surface area contributed by atoms with E-state index in [4.69, 9.17) is 23.2 Å². The van der Waals surface area contributed by atoms with Crippen LogP contribution in [0.4, 0.5) is 0 Å². The molecule has 2 aromatic carbocycles. The number of nitrogens with one attached hydrogen (secondary N) is 2. The summed E-state index contributed by atoms with van der Waals surface area (Å²) in [6.45, 7) is 0. The average Bonchev–Trinajstić information content (AvgIpc) is 3.04. The number of H-pyrrole nitrogens is 2. The van der Waals surface area contributed by atoms with Gasteiger partial charge in [-0.15, -0.1) is 0 Å². The van der Waals surface area contributed by atoms with E-state index in [0.29, 0.717) is 0 Å². The molecule has 0 spiro atoms. The van der Waals surface area contributed by atoms with Crippen LogP contribution in [0.15, 0.2) is 48.5 Å². The van der Waals surface area contributed by atoms with Crippen molar-refractivity contribution in [3.05, 3.63) is 70.0 Å². The predicted molar refractivity (Wildman–Crippen MR) is 89.4 cm³/mol. The number of aromatic nitrogens is 2. The Morgan fingerprint density at radius 2 is 1.19 bits per heavy atom. The van der Waals surface area contributed by atoms with Gasteiger partial charge < -0.3 is 9.97 Å². The van der Waals surface area contributed by atoms with Crippen molar-refractivity contribution in [2.24, 2.45) is 0 Å². The number of hydrogen-bond acceptors (Lipinski definition) is 0. The summed E-state index contributed by atoms with van der Waals surface area (Å²) in [5, 5.41) is 3.66. The normalized spacial score (nSPS) is 11.5. The molecule has 4 heteroatoms. The van der Waals surface area contributed by atoms with Crippen molar-refractivity contribution in [1.29, 1.82) is 0 Å². The molecule has 0 bridgehead atoms. The van der Waals surface area contributed by atoms with Crippen LogP contribution in [0.25, 0.3) is 21.8 Å². The first-order valence-electron chi connectivity index (χ1n) is 6.73. The van der Waals surface area contributed by atoms with Gasteiger partial charge in [0.25, 0.3) is 0 Å². The molecule has 2 nitrogen and oxygen atoms in total. The third-order valence-electron chi connectivity index (χ3n) is 3.71. The van der Waals surface area contributed by atoms with Gasteiger partial charge in [-0.05, 0) is 36.4 Å². The molecule has 0 aliphatic rings. The van der Waals surface area contributed by atoms with Gasteiger partial charge in [0.2, 0.25) is 0 Å². The highest BCUT2D eigenvalue weighted by Gasteiger charge is 2.08. The molecule has 4 rings (SSSR count). The van der Waals surface area contributed by atoms with E-state index in [9.17, 15) is 0 Å². The van der Waals surface area contributed by atoms with E-state index in [2.05, 4.69) is 22.1 Å². The Bertz CT molecular complexity index is 872. The lowest BCUT2D eigenvalue weighted by atomic mass is 10.2. The second-order valence-corrected chi connectivity index (χ2v) is 5.98. The van der Waals surface area contributed by atoms with Crippen LogP contribution in [0.1, 0.15) is 11.4 Å². The van der Waals surface area contributed by atoms with E-state index >= 15 is 0 Å². The van der Waals surface area contributed by atoms with Crippen molar-refractivity contribution in [2.45, 2.75) is 6.42 Å². The topological polar surface area (TPSA) is 31.6 Å². The quantitative estimate of drug-likeness (QED) is 0.486. The molecular formula is C17H12Cl2N2. The smallest absolute Gasteiger partial charge is 0.0499 e. The number of aromatic amines is 2. The molecule has 21 heavy (non-hydrogen) atoms.